The first-order valence-electron chi connectivity index (χ1n) is 7.52. The fraction of sp³-hybridized carbons (Fsp3) is 0.250. The van der Waals surface area contributed by atoms with Gasteiger partial charge in [0.25, 0.3) is 5.91 Å². The van der Waals surface area contributed by atoms with Gasteiger partial charge in [-0.3, -0.25) is 4.79 Å². The van der Waals surface area contributed by atoms with Gasteiger partial charge in [0.05, 0.1) is 12.8 Å². The highest BCUT2D eigenvalue weighted by molar-refractivity contribution is 5.93. The van der Waals surface area contributed by atoms with Crippen molar-refractivity contribution in [3.8, 4) is 17.4 Å². The summed E-state index contributed by atoms with van der Waals surface area (Å²) in [5.74, 6) is 1.28. The second-order valence-corrected chi connectivity index (χ2v) is 5.38. The minimum atomic E-state index is -0.189. The lowest BCUT2D eigenvalue weighted by atomic mass is 10.3. The lowest BCUT2D eigenvalue weighted by Crippen LogP contribution is -2.31. The lowest BCUT2D eigenvalue weighted by molar-refractivity contribution is 0.0761. The van der Waals surface area contributed by atoms with Crippen LogP contribution in [0.1, 0.15) is 16.9 Å². The van der Waals surface area contributed by atoms with E-state index in [1.165, 1.54) is 12.6 Å². The molecule has 0 N–H and O–H groups in total. The number of likely N-dealkylation sites (tertiary alicyclic amines) is 1. The molecule has 4 heterocycles. The van der Waals surface area contributed by atoms with Crippen LogP contribution in [-0.4, -0.2) is 45.1 Å². The van der Waals surface area contributed by atoms with Gasteiger partial charge in [0.1, 0.15) is 12.4 Å². The summed E-state index contributed by atoms with van der Waals surface area (Å²) in [6.45, 7) is 1.07. The van der Waals surface area contributed by atoms with Gasteiger partial charge in [-0.2, -0.15) is 0 Å². The van der Waals surface area contributed by atoms with Gasteiger partial charge in [0.2, 0.25) is 11.6 Å². The van der Waals surface area contributed by atoms with Gasteiger partial charge in [0.15, 0.2) is 11.5 Å². The largest absolute Gasteiger partial charge is 0.472 e. The number of carbonyl (C=O) groups is 1. The second kappa shape index (κ2) is 6.15. The third-order valence-electron chi connectivity index (χ3n) is 3.77. The Morgan fingerprint density at radius 3 is 3.08 bits per heavy atom. The number of carbonyl (C=O) groups excluding carboxylic acids is 1. The Labute approximate surface area is 137 Å². The van der Waals surface area contributed by atoms with E-state index >= 15 is 0 Å². The summed E-state index contributed by atoms with van der Waals surface area (Å²) in [6.07, 6.45) is 5.22. The number of nitrogens with zero attached hydrogens (tertiary/aromatic N) is 4. The number of rotatable bonds is 4. The first-order chi connectivity index (χ1) is 11.8. The van der Waals surface area contributed by atoms with Crippen LogP contribution >= 0.6 is 0 Å². The summed E-state index contributed by atoms with van der Waals surface area (Å²) in [6, 6.07) is 6.77. The Kier molecular flexibility index (Phi) is 3.70. The van der Waals surface area contributed by atoms with E-state index in [0.717, 1.165) is 6.42 Å². The topological polar surface area (TPSA) is 94.5 Å². The first kappa shape index (κ1) is 14.4. The Morgan fingerprint density at radius 1 is 1.33 bits per heavy atom. The van der Waals surface area contributed by atoms with Crippen LogP contribution in [0.4, 0.5) is 0 Å². The zero-order valence-corrected chi connectivity index (χ0v) is 12.7. The molecule has 4 rings (SSSR count). The number of ether oxygens (including phenoxy) is 1. The molecule has 0 bridgehead atoms. The molecule has 122 valence electrons. The number of hydrogen-bond donors (Lipinski definition) is 0. The summed E-state index contributed by atoms with van der Waals surface area (Å²) >= 11 is 0. The lowest BCUT2D eigenvalue weighted by Gasteiger charge is -2.15. The zero-order chi connectivity index (χ0) is 16.4. The van der Waals surface area contributed by atoms with Crippen LogP contribution in [0.2, 0.25) is 0 Å². The van der Waals surface area contributed by atoms with Crippen LogP contribution in [0.15, 0.2) is 52.0 Å². The maximum Gasteiger partial charge on any atom is 0.276 e. The summed E-state index contributed by atoms with van der Waals surface area (Å²) < 4.78 is 16.2. The van der Waals surface area contributed by atoms with Crippen LogP contribution in [-0.2, 0) is 0 Å². The molecule has 0 saturated carbocycles. The molecule has 3 aromatic heterocycles. The fourth-order valence-corrected chi connectivity index (χ4v) is 2.60. The highest BCUT2D eigenvalue weighted by Gasteiger charge is 2.30. The predicted molar refractivity (Wildman–Crippen MR) is 81.2 cm³/mol. The minimum absolute atomic E-state index is 0.0969. The van der Waals surface area contributed by atoms with E-state index in [0.29, 0.717) is 30.5 Å². The van der Waals surface area contributed by atoms with E-state index in [1.54, 1.807) is 35.4 Å². The Balaban J connectivity index is 1.41. The number of furan rings is 1. The van der Waals surface area contributed by atoms with Crippen LogP contribution in [0.3, 0.4) is 0 Å². The van der Waals surface area contributed by atoms with E-state index in [2.05, 4.69) is 15.1 Å². The molecular weight excluding hydrogens is 312 g/mol. The molecule has 1 atom stereocenters. The van der Waals surface area contributed by atoms with Gasteiger partial charge in [-0.15, -0.1) is 0 Å². The average molecular weight is 326 g/mol. The van der Waals surface area contributed by atoms with E-state index in [1.807, 2.05) is 0 Å². The molecule has 0 radical (unpaired) electrons. The van der Waals surface area contributed by atoms with Gasteiger partial charge < -0.3 is 18.6 Å². The molecule has 0 spiro atoms. The molecule has 8 nitrogen and oxygen atoms in total. The third kappa shape index (κ3) is 2.85. The maximum atomic E-state index is 12.5. The number of aromatic nitrogens is 3. The Bertz CT molecular complexity index is 816. The normalized spacial score (nSPS) is 17.2. The van der Waals surface area contributed by atoms with E-state index in [9.17, 15) is 4.79 Å². The van der Waals surface area contributed by atoms with Gasteiger partial charge >= 0.3 is 0 Å². The molecule has 1 fully saturated rings. The molecule has 3 aromatic rings. The molecular formula is C16H14N4O4. The quantitative estimate of drug-likeness (QED) is 0.724. The Hall–Kier alpha value is -3.16. The average Bonchev–Trinajstić information content (AvgIpc) is 3.36. The van der Waals surface area contributed by atoms with Crippen LogP contribution < -0.4 is 4.74 Å². The highest BCUT2D eigenvalue weighted by atomic mass is 16.5. The smallest absolute Gasteiger partial charge is 0.276 e. The van der Waals surface area contributed by atoms with Crippen LogP contribution in [0, 0.1) is 0 Å². The van der Waals surface area contributed by atoms with E-state index in [4.69, 9.17) is 13.7 Å². The molecule has 1 aliphatic rings. The van der Waals surface area contributed by atoms with Crippen molar-refractivity contribution in [3.63, 3.8) is 0 Å². The molecule has 1 amide bonds. The van der Waals surface area contributed by atoms with Crippen LogP contribution in [0.5, 0.6) is 5.88 Å². The van der Waals surface area contributed by atoms with E-state index in [-0.39, 0.29) is 17.7 Å². The zero-order valence-electron chi connectivity index (χ0n) is 12.7. The van der Waals surface area contributed by atoms with Crippen molar-refractivity contribution in [2.75, 3.05) is 13.1 Å². The van der Waals surface area contributed by atoms with E-state index < -0.39 is 0 Å². The van der Waals surface area contributed by atoms with Crippen molar-refractivity contribution >= 4 is 5.91 Å². The summed E-state index contributed by atoms with van der Waals surface area (Å²) in [5.41, 5.74) is 0.254. The first-order valence-corrected chi connectivity index (χ1v) is 7.52. The monoisotopic (exact) mass is 326 g/mol. The predicted octanol–water partition coefficient (Wildman–Crippen LogP) is 2.02. The fourth-order valence-electron chi connectivity index (χ4n) is 2.60. The maximum absolute atomic E-state index is 12.5. The van der Waals surface area contributed by atoms with Crippen molar-refractivity contribution in [1.82, 2.24) is 20.0 Å². The molecule has 8 heteroatoms. The third-order valence-corrected chi connectivity index (χ3v) is 3.77. The number of amides is 1. The van der Waals surface area contributed by atoms with Gasteiger partial charge in [-0.05, 0) is 12.1 Å². The van der Waals surface area contributed by atoms with Crippen molar-refractivity contribution in [2.45, 2.75) is 12.5 Å². The van der Waals surface area contributed by atoms with Gasteiger partial charge in [-0.25, -0.2) is 9.97 Å². The molecule has 0 aromatic carbocycles. The standard InChI is InChI=1S/C16H14N4O4/c21-16(12-8-14(24-19-12)13-2-1-7-22-13)20-6-4-11(9-20)23-15-3-5-17-10-18-15/h1-3,5,7-8,10-11H,4,6,9H2. The molecule has 1 saturated heterocycles. The number of hydrogen-bond acceptors (Lipinski definition) is 7. The minimum Gasteiger partial charge on any atom is -0.472 e. The second-order valence-electron chi connectivity index (χ2n) is 5.38. The molecule has 24 heavy (non-hydrogen) atoms. The molecule has 1 unspecified atom stereocenters. The molecule has 0 aliphatic carbocycles. The van der Waals surface area contributed by atoms with Crippen molar-refractivity contribution < 1.29 is 18.5 Å². The summed E-state index contributed by atoms with van der Waals surface area (Å²) in [4.78, 5) is 22.1. The van der Waals surface area contributed by atoms with Crippen molar-refractivity contribution in [2.24, 2.45) is 0 Å². The Morgan fingerprint density at radius 2 is 2.29 bits per heavy atom. The van der Waals surface area contributed by atoms with Gasteiger partial charge in [-0.1, -0.05) is 5.16 Å². The van der Waals surface area contributed by atoms with Gasteiger partial charge in [0, 0.05) is 31.3 Å². The summed E-state index contributed by atoms with van der Waals surface area (Å²) in [7, 11) is 0. The van der Waals surface area contributed by atoms with Crippen molar-refractivity contribution in [3.05, 3.63) is 48.7 Å². The van der Waals surface area contributed by atoms with Crippen molar-refractivity contribution in [1.29, 1.82) is 0 Å². The highest BCUT2D eigenvalue weighted by Crippen LogP contribution is 2.23. The molecule has 1 aliphatic heterocycles. The SMILES string of the molecule is O=C(c1cc(-c2ccco2)on1)N1CCC(Oc2ccncn2)C1. The van der Waals surface area contributed by atoms with Crippen LogP contribution in [0.25, 0.3) is 11.5 Å². The summed E-state index contributed by atoms with van der Waals surface area (Å²) in [5, 5.41) is 3.84.